The molecule has 0 saturated carbocycles. The van der Waals surface area contributed by atoms with Crippen molar-refractivity contribution in [1.29, 1.82) is 0 Å². The number of rotatable bonds is 7. The van der Waals surface area contributed by atoms with E-state index in [2.05, 4.69) is 5.32 Å². The van der Waals surface area contributed by atoms with Gasteiger partial charge in [0.05, 0.1) is 22.5 Å². The van der Waals surface area contributed by atoms with Crippen molar-refractivity contribution in [3.05, 3.63) is 37.9 Å². The highest BCUT2D eigenvalue weighted by Crippen LogP contribution is 2.33. The van der Waals surface area contributed by atoms with Crippen molar-refractivity contribution in [2.45, 2.75) is 6.42 Å². The SMILES string of the molecule is O=[N+]([O-])c1cc(CCO)c(NCCO)c([N+](=O)[O-])c1. The zero-order valence-corrected chi connectivity index (χ0v) is 9.90. The van der Waals surface area contributed by atoms with Crippen molar-refractivity contribution >= 4 is 17.1 Å². The summed E-state index contributed by atoms with van der Waals surface area (Å²) in [6.07, 6.45) is 0.0380. The van der Waals surface area contributed by atoms with Crippen molar-refractivity contribution in [3.8, 4) is 0 Å². The molecule has 0 atom stereocenters. The Kier molecular flexibility index (Phi) is 5.15. The van der Waals surface area contributed by atoms with E-state index in [-0.39, 0.29) is 37.4 Å². The van der Waals surface area contributed by atoms with Gasteiger partial charge in [-0.05, 0) is 12.0 Å². The van der Waals surface area contributed by atoms with Crippen LogP contribution in [0.2, 0.25) is 0 Å². The summed E-state index contributed by atoms with van der Waals surface area (Å²) in [5, 5.41) is 41.9. The standard InChI is InChI=1S/C10H13N3O6/c14-3-1-7-5-8(12(16)17)6-9(13(18)19)10(7)11-2-4-15/h5-6,11,14-15H,1-4H2. The highest BCUT2D eigenvalue weighted by atomic mass is 16.6. The third kappa shape index (κ3) is 3.60. The van der Waals surface area contributed by atoms with Gasteiger partial charge in [-0.25, -0.2) is 0 Å². The maximum Gasteiger partial charge on any atom is 0.299 e. The van der Waals surface area contributed by atoms with Gasteiger partial charge in [-0.2, -0.15) is 0 Å². The first-order valence-corrected chi connectivity index (χ1v) is 5.42. The van der Waals surface area contributed by atoms with Gasteiger partial charge in [0, 0.05) is 19.2 Å². The van der Waals surface area contributed by atoms with Crippen LogP contribution < -0.4 is 5.32 Å². The molecule has 0 heterocycles. The summed E-state index contributed by atoms with van der Waals surface area (Å²) in [5.74, 6) is 0. The van der Waals surface area contributed by atoms with Gasteiger partial charge in [0.2, 0.25) is 0 Å². The van der Waals surface area contributed by atoms with E-state index in [0.717, 1.165) is 6.07 Å². The van der Waals surface area contributed by atoms with Gasteiger partial charge in [0.25, 0.3) is 11.4 Å². The molecule has 9 nitrogen and oxygen atoms in total. The smallest absolute Gasteiger partial charge is 0.299 e. The molecular weight excluding hydrogens is 258 g/mol. The Morgan fingerprint density at radius 1 is 1.11 bits per heavy atom. The molecule has 0 spiro atoms. The molecule has 0 aliphatic carbocycles. The van der Waals surface area contributed by atoms with Crippen LogP contribution >= 0.6 is 0 Å². The molecule has 0 saturated heterocycles. The Labute approximate surface area is 107 Å². The first-order valence-electron chi connectivity index (χ1n) is 5.42. The number of nitrogens with zero attached hydrogens (tertiary/aromatic N) is 2. The van der Waals surface area contributed by atoms with Crippen LogP contribution in [0, 0.1) is 20.2 Å². The normalized spacial score (nSPS) is 10.2. The van der Waals surface area contributed by atoms with E-state index in [1.807, 2.05) is 0 Å². The van der Waals surface area contributed by atoms with Crippen molar-refractivity contribution in [3.63, 3.8) is 0 Å². The summed E-state index contributed by atoms with van der Waals surface area (Å²) in [6.45, 7) is -0.476. The maximum absolute atomic E-state index is 10.9. The average molecular weight is 271 g/mol. The number of nitro groups is 2. The quantitative estimate of drug-likeness (QED) is 0.483. The Bertz CT molecular complexity index is 490. The fourth-order valence-electron chi connectivity index (χ4n) is 1.62. The fourth-order valence-corrected chi connectivity index (χ4v) is 1.62. The molecule has 0 fully saturated rings. The van der Waals surface area contributed by atoms with E-state index < -0.39 is 21.2 Å². The predicted molar refractivity (Wildman–Crippen MR) is 66.1 cm³/mol. The molecule has 0 amide bonds. The van der Waals surface area contributed by atoms with Crippen molar-refractivity contribution in [2.75, 3.05) is 25.1 Å². The van der Waals surface area contributed by atoms with E-state index in [1.165, 1.54) is 6.07 Å². The fraction of sp³-hybridized carbons (Fsp3) is 0.400. The van der Waals surface area contributed by atoms with Crippen LogP contribution in [0.3, 0.4) is 0 Å². The first kappa shape index (κ1) is 14.8. The average Bonchev–Trinajstić information content (AvgIpc) is 2.36. The first-order chi connectivity index (χ1) is 9.01. The molecule has 9 heteroatoms. The molecule has 0 radical (unpaired) electrons. The van der Waals surface area contributed by atoms with E-state index in [9.17, 15) is 20.2 Å². The lowest BCUT2D eigenvalue weighted by atomic mass is 10.1. The molecule has 0 unspecified atom stereocenters. The van der Waals surface area contributed by atoms with Gasteiger partial charge in [0.1, 0.15) is 5.69 Å². The largest absolute Gasteiger partial charge is 0.396 e. The van der Waals surface area contributed by atoms with Gasteiger partial charge < -0.3 is 15.5 Å². The molecule has 104 valence electrons. The Hall–Kier alpha value is -2.26. The van der Waals surface area contributed by atoms with Crippen molar-refractivity contribution in [1.82, 2.24) is 0 Å². The van der Waals surface area contributed by atoms with Gasteiger partial charge in [-0.3, -0.25) is 20.2 Å². The number of hydrogen-bond acceptors (Lipinski definition) is 7. The summed E-state index contributed by atoms with van der Waals surface area (Å²) in [4.78, 5) is 20.2. The van der Waals surface area contributed by atoms with Crippen LogP contribution in [0.25, 0.3) is 0 Å². The lowest BCUT2D eigenvalue weighted by molar-refractivity contribution is -0.393. The molecule has 0 aliphatic heterocycles. The highest BCUT2D eigenvalue weighted by Gasteiger charge is 2.23. The number of benzene rings is 1. The van der Waals surface area contributed by atoms with Gasteiger partial charge in [0.15, 0.2) is 0 Å². The molecular formula is C10H13N3O6. The van der Waals surface area contributed by atoms with Crippen molar-refractivity contribution < 1.29 is 20.1 Å². The molecule has 1 rings (SSSR count). The number of hydrogen-bond donors (Lipinski definition) is 3. The molecule has 1 aromatic carbocycles. The van der Waals surface area contributed by atoms with Gasteiger partial charge in [-0.1, -0.05) is 0 Å². The summed E-state index contributed by atoms with van der Waals surface area (Å²) in [7, 11) is 0. The number of aliphatic hydroxyl groups excluding tert-OH is 2. The Morgan fingerprint density at radius 2 is 1.79 bits per heavy atom. The number of non-ortho nitro benzene ring substituents is 1. The van der Waals surface area contributed by atoms with E-state index in [0.29, 0.717) is 0 Å². The summed E-state index contributed by atoms with van der Waals surface area (Å²) in [6, 6.07) is 2.02. The molecule has 1 aromatic rings. The van der Waals surface area contributed by atoms with Gasteiger partial charge >= 0.3 is 0 Å². The number of anilines is 1. The van der Waals surface area contributed by atoms with E-state index >= 15 is 0 Å². The van der Waals surface area contributed by atoms with Crippen molar-refractivity contribution in [2.24, 2.45) is 0 Å². The van der Waals surface area contributed by atoms with E-state index in [4.69, 9.17) is 10.2 Å². The molecule has 19 heavy (non-hydrogen) atoms. The zero-order valence-electron chi connectivity index (χ0n) is 9.90. The van der Waals surface area contributed by atoms with Gasteiger partial charge in [-0.15, -0.1) is 0 Å². The number of nitrogens with one attached hydrogen (secondary N) is 1. The van der Waals surface area contributed by atoms with Crippen LogP contribution in [0.4, 0.5) is 17.1 Å². The summed E-state index contributed by atoms with van der Waals surface area (Å²) >= 11 is 0. The van der Waals surface area contributed by atoms with Crippen LogP contribution in [0.1, 0.15) is 5.56 Å². The monoisotopic (exact) mass is 271 g/mol. The third-order valence-corrected chi connectivity index (χ3v) is 2.39. The lowest BCUT2D eigenvalue weighted by Crippen LogP contribution is -2.11. The number of aliphatic hydroxyl groups is 2. The van der Waals surface area contributed by atoms with Crippen LogP contribution in [-0.4, -0.2) is 39.8 Å². The maximum atomic E-state index is 10.9. The van der Waals surface area contributed by atoms with Crippen LogP contribution in [0.15, 0.2) is 12.1 Å². The Morgan fingerprint density at radius 3 is 2.26 bits per heavy atom. The second kappa shape index (κ2) is 6.61. The summed E-state index contributed by atoms with van der Waals surface area (Å²) in [5.41, 5.74) is -0.522. The second-order valence-electron chi connectivity index (χ2n) is 3.64. The topological polar surface area (TPSA) is 139 Å². The predicted octanol–water partition coefficient (Wildman–Crippen LogP) is 0.442. The minimum absolute atomic E-state index is 0.0380. The number of nitro benzene ring substituents is 2. The highest BCUT2D eigenvalue weighted by molar-refractivity contribution is 5.70. The second-order valence-corrected chi connectivity index (χ2v) is 3.64. The minimum Gasteiger partial charge on any atom is -0.396 e. The van der Waals surface area contributed by atoms with E-state index in [1.54, 1.807) is 0 Å². The molecule has 0 aromatic heterocycles. The van der Waals surface area contributed by atoms with Crippen LogP contribution in [-0.2, 0) is 6.42 Å². The lowest BCUT2D eigenvalue weighted by Gasteiger charge is -2.11. The molecule has 0 aliphatic rings. The Balaban J connectivity index is 3.36. The summed E-state index contributed by atoms with van der Waals surface area (Å²) < 4.78 is 0. The zero-order chi connectivity index (χ0) is 14.4. The molecule has 0 bridgehead atoms. The third-order valence-electron chi connectivity index (χ3n) is 2.39. The van der Waals surface area contributed by atoms with Crippen LogP contribution in [0.5, 0.6) is 0 Å². The minimum atomic E-state index is -0.742. The molecule has 3 N–H and O–H groups in total.